The summed E-state index contributed by atoms with van der Waals surface area (Å²) in [4.78, 5) is 0. The molecule has 1 aromatic carbocycles. The van der Waals surface area contributed by atoms with E-state index >= 15 is 0 Å². The molecule has 3 rings (SSSR count). The average molecular weight is 229 g/mol. The molecule has 0 saturated heterocycles. The van der Waals surface area contributed by atoms with Gasteiger partial charge in [0, 0.05) is 27.6 Å². The highest BCUT2D eigenvalue weighted by Gasteiger charge is 2.42. The number of aromatic amines is 1. The summed E-state index contributed by atoms with van der Waals surface area (Å²) in [7, 11) is 0. The van der Waals surface area contributed by atoms with Gasteiger partial charge in [-0.1, -0.05) is 39.0 Å². The van der Waals surface area contributed by atoms with E-state index in [1.54, 1.807) is 0 Å². The summed E-state index contributed by atoms with van der Waals surface area (Å²) in [6, 6.07) is 6.34. The molecule has 90 valence electrons. The number of hydrogen-bond donors (Lipinski definition) is 2. The third-order valence-electron chi connectivity index (χ3n) is 3.66. The Morgan fingerprint density at radius 3 is 2.59 bits per heavy atom. The van der Waals surface area contributed by atoms with Crippen molar-refractivity contribution < 1.29 is 0 Å². The van der Waals surface area contributed by atoms with Crippen molar-refractivity contribution >= 4 is 10.9 Å². The van der Waals surface area contributed by atoms with Crippen molar-refractivity contribution in [3.63, 3.8) is 0 Å². The second kappa shape index (κ2) is 3.10. The lowest BCUT2D eigenvalue weighted by Crippen LogP contribution is -2.19. The molecule has 1 aliphatic carbocycles. The molecule has 0 unspecified atom stereocenters. The van der Waals surface area contributed by atoms with Gasteiger partial charge in [-0.05, 0) is 12.8 Å². The zero-order valence-corrected chi connectivity index (χ0v) is 10.7. The molecule has 2 aromatic rings. The van der Waals surface area contributed by atoms with Crippen LogP contribution in [0.3, 0.4) is 0 Å². The van der Waals surface area contributed by atoms with Crippen LogP contribution in [0.5, 0.6) is 0 Å². The summed E-state index contributed by atoms with van der Waals surface area (Å²) >= 11 is 0. The number of nitrogens with one attached hydrogen (secondary N) is 1. The van der Waals surface area contributed by atoms with Gasteiger partial charge in [0.05, 0.1) is 5.52 Å². The molecular formula is C14H19N3. The number of hydrogen-bond acceptors (Lipinski definition) is 2. The van der Waals surface area contributed by atoms with E-state index in [1.165, 1.54) is 16.6 Å². The molecule has 0 bridgehead atoms. The second-order valence-corrected chi connectivity index (χ2v) is 6.21. The lowest BCUT2D eigenvalue weighted by Gasteiger charge is -2.17. The topological polar surface area (TPSA) is 54.7 Å². The van der Waals surface area contributed by atoms with Crippen molar-refractivity contribution in [1.82, 2.24) is 10.2 Å². The third kappa shape index (κ3) is 1.57. The number of aromatic nitrogens is 2. The Hall–Kier alpha value is -1.35. The first-order chi connectivity index (χ1) is 7.92. The molecule has 0 atom stereocenters. The zero-order chi connectivity index (χ0) is 12.3. The van der Waals surface area contributed by atoms with Crippen LogP contribution in [0.2, 0.25) is 0 Å². The van der Waals surface area contributed by atoms with Crippen molar-refractivity contribution in [2.45, 2.75) is 44.6 Å². The molecule has 1 heterocycles. The van der Waals surface area contributed by atoms with Gasteiger partial charge in [0.25, 0.3) is 0 Å². The van der Waals surface area contributed by atoms with E-state index in [4.69, 9.17) is 5.73 Å². The van der Waals surface area contributed by atoms with Crippen molar-refractivity contribution in [3.8, 4) is 0 Å². The first-order valence-corrected chi connectivity index (χ1v) is 6.19. The highest BCUT2D eigenvalue weighted by atomic mass is 15.1. The minimum absolute atomic E-state index is 0.0820. The number of H-pyrrole nitrogens is 1. The van der Waals surface area contributed by atoms with Gasteiger partial charge < -0.3 is 5.73 Å². The third-order valence-corrected chi connectivity index (χ3v) is 3.66. The van der Waals surface area contributed by atoms with Crippen LogP contribution in [0.4, 0.5) is 0 Å². The summed E-state index contributed by atoms with van der Waals surface area (Å²) in [5.41, 5.74) is 9.70. The Labute approximate surface area is 101 Å². The van der Waals surface area contributed by atoms with Gasteiger partial charge in [0.1, 0.15) is 0 Å². The van der Waals surface area contributed by atoms with Crippen molar-refractivity contribution in [3.05, 3.63) is 29.5 Å². The van der Waals surface area contributed by atoms with E-state index in [0.29, 0.717) is 0 Å². The Kier molecular flexibility index (Phi) is 1.97. The van der Waals surface area contributed by atoms with E-state index in [1.807, 2.05) is 0 Å². The van der Waals surface area contributed by atoms with Crippen LogP contribution in [0.1, 0.15) is 44.9 Å². The van der Waals surface area contributed by atoms with Crippen LogP contribution in [-0.4, -0.2) is 10.2 Å². The molecule has 3 nitrogen and oxygen atoms in total. The SMILES string of the molecule is CC(C)(C)c1[nH]nc2c(C3(N)CC3)cccc12. The fraction of sp³-hybridized carbons (Fsp3) is 0.500. The number of para-hydroxylation sites is 1. The zero-order valence-electron chi connectivity index (χ0n) is 10.7. The molecule has 0 amide bonds. The number of fused-ring (bicyclic) bond motifs is 1. The molecule has 0 aliphatic heterocycles. The monoisotopic (exact) mass is 229 g/mol. The summed E-state index contributed by atoms with van der Waals surface area (Å²) in [5.74, 6) is 0. The van der Waals surface area contributed by atoms with Gasteiger partial charge in [-0.3, -0.25) is 5.10 Å². The minimum atomic E-state index is -0.121. The highest BCUT2D eigenvalue weighted by molar-refractivity contribution is 5.86. The van der Waals surface area contributed by atoms with Crippen LogP contribution >= 0.6 is 0 Å². The largest absolute Gasteiger partial charge is 0.321 e. The predicted octanol–water partition coefficient (Wildman–Crippen LogP) is 2.81. The number of benzene rings is 1. The summed E-state index contributed by atoms with van der Waals surface area (Å²) in [5, 5.41) is 8.89. The van der Waals surface area contributed by atoms with E-state index in [9.17, 15) is 0 Å². The predicted molar refractivity (Wildman–Crippen MR) is 69.9 cm³/mol. The van der Waals surface area contributed by atoms with Crippen LogP contribution in [0.25, 0.3) is 10.9 Å². The van der Waals surface area contributed by atoms with Crippen molar-refractivity contribution in [1.29, 1.82) is 0 Å². The smallest absolute Gasteiger partial charge is 0.0974 e. The maximum Gasteiger partial charge on any atom is 0.0974 e. The fourth-order valence-corrected chi connectivity index (χ4v) is 2.42. The summed E-state index contributed by atoms with van der Waals surface area (Å²) in [6.07, 6.45) is 2.15. The molecule has 3 heteroatoms. The summed E-state index contributed by atoms with van der Waals surface area (Å²) in [6.45, 7) is 6.59. The van der Waals surface area contributed by atoms with E-state index < -0.39 is 0 Å². The molecule has 1 fully saturated rings. The number of rotatable bonds is 1. The minimum Gasteiger partial charge on any atom is -0.321 e. The molecule has 1 aliphatic rings. The number of nitrogens with two attached hydrogens (primary N) is 1. The standard InChI is InChI=1S/C14H19N3/c1-13(2,3)12-9-5-4-6-10(11(9)16-17-12)14(15)7-8-14/h4-6H,7-8,15H2,1-3H3,(H,16,17). The van der Waals surface area contributed by atoms with Crippen molar-refractivity contribution in [2.24, 2.45) is 5.73 Å². The maximum absolute atomic E-state index is 6.30. The van der Waals surface area contributed by atoms with E-state index in [0.717, 1.165) is 18.4 Å². The molecule has 1 saturated carbocycles. The normalized spacial score (nSPS) is 18.6. The molecule has 0 spiro atoms. The quantitative estimate of drug-likeness (QED) is 0.790. The average Bonchev–Trinajstić information content (AvgIpc) is 2.84. The Morgan fingerprint density at radius 2 is 2.00 bits per heavy atom. The van der Waals surface area contributed by atoms with E-state index in [-0.39, 0.29) is 11.0 Å². The first-order valence-electron chi connectivity index (χ1n) is 6.19. The first kappa shape index (κ1) is 10.8. The van der Waals surface area contributed by atoms with Gasteiger partial charge in [-0.2, -0.15) is 5.10 Å². The van der Waals surface area contributed by atoms with E-state index in [2.05, 4.69) is 49.2 Å². The van der Waals surface area contributed by atoms with Crippen LogP contribution < -0.4 is 5.73 Å². The Balaban J connectivity index is 2.26. The Morgan fingerprint density at radius 1 is 1.29 bits per heavy atom. The van der Waals surface area contributed by atoms with Gasteiger partial charge in [0.2, 0.25) is 0 Å². The second-order valence-electron chi connectivity index (χ2n) is 6.21. The molecule has 3 N–H and O–H groups in total. The fourth-order valence-electron chi connectivity index (χ4n) is 2.42. The molecule has 1 aromatic heterocycles. The number of nitrogens with zero attached hydrogens (tertiary/aromatic N) is 1. The summed E-state index contributed by atoms with van der Waals surface area (Å²) < 4.78 is 0. The maximum atomic E-state index is 6.30. The van der Waals surface area contributed by atoms with Crippen molar-refractivity contribution in [2.75, 3.05) is 0 Å². The van der Waals surface area contributed by atoms with Gasteiger partial charge in [-0.25, -0.2) is 0 Å². The Bertz CT molecular complexity index is 571. The molecule has 17 heavy (non-hydrogen) atoms. The lowest BCUT2D eigenvalue weighted by molar-refractivity contribution is 0.571. The highest BCUT2D eigenvalue weighted by Crippen LogP contribution is 2.45. The van der Waals surface area contributed by atoms with Gasteiger partial charge in [-0.15, -0.1) is 0 Å². The van der Waals surface area contributed by atoms with Gasteiger partial charge in [0.15, 0.2) is 0 Å². The molecule has 0 radical (unpaired) electrons. The lowest BCUT2D eigenvalue weighted by atomic mass is 9.89. The van der Waals surface area contributed by atoms with Crippen LogP contribution in [0, 0.1) is 0 Å². The molecular weight excluding hydrogens is 210 g/mol. The van der Waals surface area contributed by atoms with Gasteiger partial charge >= 0.3 is 0 Å². The van der Waals surface area contributed by atoms with Crippen LogP contribution in [0.15, 0.2) is 18.2 Å². The van der Waals surface area contributed by atoms with Crippen LogP contribution in [-0.2, 0) is 11.0 Å².